The van der Waals surface area contributed by atoms with E-state index >= 15 is 0 Å². The molecule has 1 heterocycles. The Morgan fingerprint density at radius 2 is 1.77 bits per heavy atom. The molecule has 2 saturated carbocycles. The van der Waals surface area contributed by atoms with Crippen molar-refractivity contribution in [3.63, 3.8) is 0 Å². The number of nitrogens with zero attached hydrogens (tertiary/aromatic N) is 3. The predicted octanol–water partition coefficient (Wildman–Crippen LogP) is 4.05. The maximum absolute atomic E-state index is 12.8. The molecule has 2 aliphatic carbocycles. The van der Waals surface area contributed by atoms with Crippen molar-refractivity contribution in [2.24, 2.45) is 5.92 Å². The zero-order valence-corrected chi connectivity index (χ0v) is 17.6. The normalized spacial score (nSPS) is 16.5. The lowest BCUT2D eigenvalue weighted by Gasteiger charge is -2.35. The molecule has 0 spiro atoms. The van der Waals surface area contributed by atoms with Crippen molar-refractivity contribution >= 4 is 23.5 Å². The van der Waals surface area contributed by atoms with E-state index in [1.165, 1.54) is 51.3 Å². The van der Waals surface area contributed by atoms with E-state index in [0.717, 1.165) is 23.8 Å². The van der Waals surface area contributed by atoms with Gasteiger partial charge in [0.1, 0.15) is 17.8 Å². The van der Waals surface area contributed by atoms with Gasteiger partial charge in [-0.2, -0.15) is 0 Å². The Morgan fingerprint density at radius 3 is 2.45 bits per heavy atom. The molecule has 31 heavy (non-hydrogen) atoms. The first-order valence-corrected chi connectivity index (χ1v) is 11.0. The van der Waals surface area contributed by atoms with Crippen LogP contribution in [0.1, 0.15) is 61.0 Å². The summed E-state index contributed by atoms with van der Waals surface area (Å²) in [7, 11) is 0. The van der Waals surface area contributed by atoms with Crippen LogP contribution in [-0.2, 0) is 6.54 Å². The van der Waals surface area contributed by atoms with Gasteiger partial charge in [-0.05, 0) is 49.3 Å². The van der Waals surface area contributed by atoms with Gasteiger partial charge >= 0.3 is 6.09 Å². The molecule has 1 aromatic heterocycles. The third-order valence-electron chi connectivity index (χ3n) is 6.00. The van der Waals surface area contributed by atoms with Gasteiger partial charge in [0.25, 0.3) is 5.91 Å². The number of aromatic nitrogens is 2. The second-order valence-electron chi connectivity index (χ2n) is 8.46. The van der Waals surface area contributed by atoms with Crippen molar-refractivity contribution in [2.45, 2.75) is 57.5 Å². The lowest BCUT2D eigenvalue weighted by molar-refractivity contribution is 0.102. The number of carbonyl (C=O) groups excluding carboxylic acids is 1. The van der Waals surface area contributed by atoms with Gasteiger partial charge in [-0.3, -0.25) is 4.79 Å². The van der Waals surface area contributed by atoms with Gasteiger partial charge < -0.3 is 20.6 Å². The molecule has 164 valence electrons. The lowest BCUT2D eigenvalue weighted by Crippen LogP contribution is -2.39. The SMILES string of the molecule is O=C(O)NCc1ccc(NC(=O)c2cc(N(CC3CC3)C3CCCCC3)ncn2)cc1. The Hall–Kier alpha value is -3.16. The highest BCUT2D eigenvalue weighted by Gasteiger charge is 2.30. The summed E-state index contributed by atoms with van der Waals surface area (Å²) in [4.78, 5) is 34.5. The average molecular weight is 424 g/mol. The van der Waals surface area contributed by atoms with Crippen LogP contribution in [0.25, 0.3) is 0 Å². The summed E-state index contributed by atoms with van der Waals surface area (Å²) in [5.74, 6) is 1.30. The molecule has 1 aromatic carbocycles. The summed E-state index contributed by atoms with van der Waals surface area (Å²) in [6.45, 7) is 1.23. The predicted molar refractivity (Wildman–Crippen MR) is 118 cm³/mol. The Kier molecular flexibility index (Phi) is 6.64. The number of hydrogen-bond donors (Lipinski definition) is 3. The van der Waals surface area contributed by atoms with Crippen molar-refractivity contribution in [1.82, 2.24) is 15.3 Å². The lowest BCUT2D eigenvalue weighted by atomic mass is 9.94. The number of carboxylic acid groups (broad SMARTS) is 1. The molecular weight excluding hydrogens is 394 g/mol. The first-order valence-electron chi connectivity index (χ1n) is 11.0. The number of rotatable bonds is 8. The second kappa shape index (κ2) is 9.76. The van der Waals surface area contributed by atoms with Crippen LogP contribution >= 0.6 is 0 Å². The summed E-state index contributed by atoms with van der Waals surface area (Å²) in [6.07, 6.45) is 9.14. The highest BCUT2D eigenvalue weighted by Crippen LogP contribution is 2.34. The number of hydrogen-bond acceptors (Lipinski definition) is 5. The van der Waals surface area contributed by atoms with Gasteiger partial charge in [0.2, 0.25) is 0 Å². The summed E-state index contributed by atoms with van der Waals surface area (Å²) in [6, 6.07) is 9.35. The zero-order valence-electron chi connectivity index (χ0n) is 17.6. The van der Waals surface area contributed by atoms with Crippen molar-refractivity contribution in [3.05, 3.63) is 47.9 Å². The fourth-order valence-corrected chi connectivity index (χ4v) is 4.11. The second-order valence-corrected chi connectivity index (χ2v) is 8.46. The summed E-state index contributed by atoms with van der Waals surface area (Å²) >= 11 is 0. The van der Waals surface area contributed by atoms with Gasteiger partial charge in [-0.15, -0.1) is 0 Å². The highest BCUT2D eigenvalue weighted by molar-refractivity contribution is 6.03. The number of nitrogens with one attached hydrogen (secondary N) is 2. The number of carbonyl (C=O) groups is 2. The van der Waals surface area contributed by atoms with Crippen LogP contribution < -0.4 is 15.5 Å². The molecule has 0 unspecified atom stereocenters. The zero-order chi connectivity index (χ0) is 21.6. The minimum absolute atomic E-state index is 0.219. The Bertz CT molecular complexity index is 908. The fourth-order valence-electron chi connectivity index (χ4n) is 4.11. The van der Waals surface area contributed by atoms with Crippen LogP contribution in [0.3, 0.4) is 0 Å². The van der Waals surface area contributed by atoms with Crippen molar-refractivity contribution in [3.8, 4) is 0 Å². The first-order chi connectivity index (χ1) is 15.1. The quantitative estimate of drug-likeness (QED) is 0.591. The fraction of sp³-hybridized carbons (Fsp3) is 0.478. The van der Waals surface area contributed by atoms with Crippen LogP contribution in [-0.4, -0.2) is 39.7 Å². The standard InChI is InChI=1S/C23H29N5O3/c29-22(27-18-10-8-16(9-11-18)13-24-23(30)31)20-12-21(26-15-25-20)28(14-17-6-7-17)19-4-2-1-3-5-19/h8-12,15,17,19,24H,1-7,13-14H2,(H,27,29)(H,30,31). The molecule has 4 rings (SSSR count). The maximum Gasteiger partial charge on any atom is 0.404 e. The van der Waals surface area contributed by atoms with Crippen molar-refractivity contribution in [2.75, 3.05) is 16.8 Å². The molecule has 8 nitrogen and oxygen atoms in total. The molecule has 0 saturated heterocycles. The number of benzene rings is 1. The highest BCUT2D eigenvalue weighted by atomic mass is 16.4. The average Bonchev–Trinajstić information content (AvgIpc) is 3.62. The smallest absolute Gasteiger partial charge is 0.404 e. The molecule has 0 radical (unpaired) electrons. The topological polar surface area (TPSA) is 107 Å². The molecule has 0 atom stereocenters. The molecule has 2 aromatic rings. The van der Waals surface area contributed by atoms with E-state index in [1.807, 2.05) is 0 Å². The third-order valence-corrected chi connectivity index (χ3v) is 6.00. The summed E-state index contributed by atoms with van der Waals surface area (Å²) < 4.78 is 0. The first kappa shape index (κ1) is 21.1. The Balaban J connectivity index is 1.43. The monoisotopic (exact) mass is 423 g/mol. The van der Waals surface area contributed by atoms with Gasteiger partial charge in [-0.25, -0.2) is 14.8 Å². The molecular formula is C23H29N5O3. The minimum atomic E-state index is -1.07. The summed E-state index contributed by atoms with van der Waals surface area (Å²) in [5.41, 5.74) is 1.79. The van der Waals surface area contributed by atoms with E-state index in [-0.39, 0.29) is 12.5 Å². The molecule has 2 aliphatic rings. The molecule has 0 bridgehead atoms. The largest absolute Gasteiger partial charge is 0.465 e. The van der Waals surface area contributed by atoms with Crippen LogP contribution in [0.15, 0.2) is 36.7 Å². The van der Waals surface area contributed by atoms with Crippen LogP contribution in [0.4, 0.5) is 16.3 Å². The Morgan fingerprint density at radius 1 is 1.03 bits per heavy atom. The minimum Gasteiger partial charge on any atom is -0.465 e. The van der Waals surface area contributed by atoms with E-state index < -0.39 is 6.09 Å². The van der Waals surface area contributed by atoms with E-state index in [9.17, 15) is 9.59 Å². The van der Waals surface area contributed by atoms with Crippen LogP contribution in [0.5, 0.6) is 0 Å². The van der Waals surface area contributed by atoms with E-state index in [2.05, 4.69) is 25.5 Å². The number of amides is 2. The Labute approximate surface area is 182 Å². The van der Waals surface area contributed by atoms with Crippen LogP contribution in [0.2, 0.25) is 0 Å². The maximum atomic E-state index is 12.8. The third kappa shape index (κ3) is 5.93. The molecule has 2 amide bonds. The van der Waals surface area contributed by atoms with Gasteiger partial charge in [-0.1, -0.05) is 31.4 Å². The number of anilines is 2. The molecule has 0 aliphatic heterocycles. The van der Waals surface area contributed by atoms with E-state index in [0.29, 0.717) is 17.4 Å². The molecule has 2 fully saturated rings. The molecule has 3 N–H and O–H groups in total. The van der Waals surface area contributed by atoms with Gasteiger partial charge in [0.05, 0.1) is 0 Å². The van der Waals surface area contributed by atoms with Crippen molar-refractivity contribution < 1.29 is 14.7 Å². The van der Waals surface area contributed by atoms with E-state index in [4.69, 9.17) is 5.11 Å². The molecule has 8 heteroatoms. The summed E-state index contributed by atoms with van der Waals surface area (Å²) in [5, 5.41) is 13.9. The van der Waals surface area contributed by atoms with Gasteiger partial charge in [0.15, 0.2) is 0 Å². The van der Waals surface area contributed by atoms with Crippen LogP contribution in [0, 0.1) is 5.92 Å². The van der Waals surface area contributed by atoms with Crippen molar-refractivity contribution in [1.29, 1.82) is 0 Å². The van der Waals surface area contributed by atoms with E-state index in [1.54, 1.807) is 30.3 Å². The van der Waals surface area contributed by atoms with Gasteiger partial charge in [0, 0.05) is 30.9 Å².